The predicted molar refractivity (Wildman–Crippen MR) is 80.9 cm³/mol. The van der Waals surface area contributed by atoms with Crippen molar-refractivity contribution < 1.29 is 8.81 Å². The molecule has 1 unspecified atom stereocenters. The highest BCUT2D eigenvalue weighted by Crippen LogP contribution is 2.30. The van der Waals surface area contributed by atoms with Gasteiger partial charge in [-0.25, -0.2) is 4.39 Å². The van der Waals surface area contributed by atoms with Crippen molar-refractivity contribution in [2.24, 2.45) is 5.73 Å². The summed E-state index contributed by atoms with van der Waals surface area (Å²) in [4.78, 5) is 0. The molecular formula is C16H13BrFNO. The smallest absolute Gasteiger partial charge is 0.148 e. The van der Waals surface area contributed by atoms with Crippen LogP contribution in [-0.4, -0.2) is 0 Å². The van der Waals surface area contributed by atoms with Crippen molar-refractivity contribution >= 4 is 26.9 Å². The summed E-state index contributed by atoms with van der Waals surface area (Å²) in [6.07, 6.45) is 0.537. The number of hydrogen-bond acceptors (Lipinski definition) is 2. The van der Waals surface area contributed by atoms with Crippen LogP contribution in [0.25, 0.3) is 11.0 Å². The van der Waals surface area contributed by atoms with Crippen LogP contribution in [-0.2, 0) is 6.42 Å². The Kier molecular flexibility index (Phi) is 3.59. The third kappa shape index (κ3) is 2.62. The highest BCUT2D eigenvalue weighted by atomic mass is 79.9. The zero-order valence-corrected chi connectivity index (χ0v) is 12.2. The Morgan fingerprint density at radius 2 is 1.95 bits per heavy atom. The highest BCUT2D eigenvalue weighted by molar-refractivity contribution is 9.10. The van der Waals surface area contributed by atoms with E-state index in [1.165, 1.54) is 12.1 Å². The van der Waals surface area contributed by atoms with Gasteiger partial charge < -0.3 is 10.2 Å². The molecule has 2 aromatic carbocycles. The monoisotopic (exact) mass is 333 g/mol. The molecule has 0 aliphatic rings. The molecule has 0 aliphatic carbocycles. The molecule has 2 nitrogen and oxygen atoms in total. The molecule has 0 aliphatic heterocycles. The van der Waals surface area contributed by atoms with Crippen molar-refractivity contribution in [3.05, 3.63) is 70.1 Å². The molecule has 0 bridgehead atoms. The van der Waals surface area contributed by atoms with E-state index in [0.717, 1.165) is 21.0 Å². The van der Waals surface area contributed by atoms with Crippen molar-refractivity contribution in [2.75, 3.05) is 0 Å². The minimum Gasteiger partial charge on any atom is -0.458 e. The Morgan fingerprint density at radius 1 is 1.15 bits per heavy atom. The highest BCUT2D eigenvalue weighted by Gasteiger charge is 2.14. The molecule has 102 valence electrons. The SMILES string of the molecule is NC(Cc1cccc(F)c1)c1cc2cccc(Br)c2o1. The molecule has 1 atom stereocenters. The van der Waals surface area contributed by atoms with Gasteiger partial charge in [0.15, 0.2) is 0 Å². The Morgan fingerprint density at radius 3 is 2.70 bits per heavy atom. The Bertz CT molecular complexity index is 753. The second-order valence-corrected chi connectivity index (χ2v) is 5.60. The summed E-state index contributed by atoms with van der Waals surface area (Å²) in [5.41, 5.74) is 7.81. The fraction of sp³-hybridized carbons (Fsp3) is 0.125. The lowest BCUT2D eigenvalue weighted by Gasteiger charge is -2.08. The number of halogens is 2. The Hall–Kier alpha value is -1.65. The summed E-state index contributed by atoms with van der Waals surface area (Å²) >= 11 is 3.45. The van der Waals surface area contributed by atoms with Gasteiger partial charge in [0.1, 0.15) is 17.2 Å². The van der Waals surface area contributed by atoms with E-state index in [4.69, 9.17) is 10.2 Å². The first kappa shape index (κ1) is 13.3. The molecular weight excluding hydrogens is 321 g/mol. The number of benzene rings is 2. The van der Waals surface area contributed by atoms with Gasteiger partial charge in [-0.05, 0) is 52.2 Å². The molecule has 0 amide bonds. The van der Waals surface area contributed by atoms with Crippen LogP contribution in [0.3, 0.4) is 0 Å². The second kappa shape index (κ2) is 5.38. The predicted octanol–water partition coefficient (Wildman–Crippen LogP) is 4.58. The summed E-state index contributed by atoms with van der Waals surface area (Å²) in [5.74, 6) is 0.457. The largest absolute Gasteiger partial charge is 0.458 e. The molecule has 0 radical (unpaired) electrons. The van der Waals surface area contributed by atoms with Gasteiger partial charge in [0.2, 0.25) is 0 Å². The number of nitrogens with two attached hydrogens (primary N) is 1. The number of hydrogen-bond donors (Lipinski definition) is 1. The average Bonchev–Trinajstić information content (AvgIpc) is 2.84. The zero-order chi connectivity index (χ0) is 14.1. The molecule has 4 heteroatoms. The summed E-state index contributed by atoms with van der Waals surface area (Å²) < 4.78 is 19.9. The van der Waals surface area contributed by atoms with Crippen LogP contribution in [0.2, 0.25) is 0 Å². The van der Waals surface area contributed by atoms with E-state index in [9.17, 15) is 4.39 Å². The quantitative estimate of drug-likeness (QED) is 0.762. The van der Waals surface area contributed by atoms with Gasteiger partial charge in [0.25, 0.3) is 0 Å². The van der Waals surface area contributed by atoms with Crippen LogP contribution in [0.5, 0.6) is 0 Å². The first-order valence-electron chi connectivity index (χ1n) is 6.31. The third-order valence-corrected chi connectivity index (χ3v) is 3.85. The number of rotatable bonds is 3. The van der Waals surface area contributed by atoms with Crippen molar-refractivity contribution in [3.63, 3.8) is 0 Å². The van der Waals surface area contributed by atoms with Crippen molar-refractivity contribution in [2.45, 2.75) is 12.5 Å². The minimum absolute atomic E-state index is 0.248. The van der Waals surface area contributed by atoms with Crippen LogP contribution in [0.4, 0.5) is 4.39 Å². The van der Waals surface area contributed by atoms with Gasteiger partial charge in [0, 0.05) is 5.39 Å². The van der Waals surface area contributed by atoms with E-state index in [2.05, 4.69) is 15.9 Å². The molecule has 0 fully saturated rings. The average molecular weight is 334 g/mol. The van der Waals surface area contributed by atoms with Crippen LogP contribution < -0.4 is 5.73 Å². The number of furan rings is 1. The fourth-order valence-corrected chi connectivity index (χ4v) is 2.71. The molecule has 2 N–H and O–H groups in total. The van der Waals surface area contributed by atoms with Crippen LogP contribution >= 0.6 is 15.9 Å². The van der Waals surface area contributed by atoms with Gasteiger partial charge in [-0.1, -0.05) is 24.3 Å². The minimum atomic E-state index is -0.295. The van der Waals surface area contributed by atoms with E-state index < -0.39 is 0 Å². The molecule has 0 spiro atoms. The van der Waals surface area contributed by atoms with Gasteiger partial charge in [0.05, 0.1) is 10.5 Å². The normalized spacial score (nSPS) is 12.8. The molecule has 0 saturated carbocycles. The van der Waals surface area contributed by atoms with E-state index in [1.54, 1.807) is 6.07 Å². The first-order valence-corrected chi connectivity index (χ1v) is 7.11. The molecule has 20 heavy (non-hydrogen) atoms. The number of para-hydroxylation sites is 1. The summed E-state index contributed by atoms with van der Waals surface area (Å²) in [6, 6.07) is 14.0. The summed E-state index contributed by atoms with van der Waals surface area (Å²) in [5, 5.41) is 1.00. The van der Waals surface area contributed by atoms with Crippen molar-refractivity contribution in [1.29, 1.82) is 0 Å². The lowest BCUT2D eigenvalue weighted by molar-refractivity contribution is 0.492. The maximum atomic E-state index is 13.2. The summed E-state index contributed by atoms with van der Waals surface area (Å²) in [6.45, 7) is 0. The maximum absolute atomic E-state index is 13.2. The third-order valence-electron chi connectivity index (χ3n) is 3.23. The maximum Gasteiger partial charge on any atom is 0.148 e. The topological polar surface area (TPSA) is 39.2 Å². The van der Waals surface area contributed by atoms with E-state index in [-0.39, 0.29) is 11.9 Å². The van der Waals surface area contributed by atoms with Gasteiger partial charge >= 0.3 is 0 Å². The molecule has 3 aromatic rings. The lowest BCUT2D eigenvalue weighted by Crippen LogP contribution is -2.12. The molecule has 0 saturated heterocycles. The summed E-state index contributed by atoms with van der Waals surface area (Å²) in [7, 11) is 0. The van der Waals surface area contributed by atoms with E-state index in [0.29, 0.717) is 12.2 Å². The molecule has 1 heterocycles. The Balaban J connectivity index is 1.89. The molecule has 1 aromatic heterocycles. The van der Waals surface area contributed by atoms with Crippen LogP contribution in [0.1, 0.15) is 17.4 Å². The van der Waals surface area contributed by atoms with Crippen molar-refractivity contribution in [3.8, 4) is 0 Å². The van der Waals surface area contributed by atoms with Crippen LogP contribution in [0, 0.1) is 5.82 Å². The molecule has 3 rings (SSSR count). The van der Waals surface area contributed by atoms with Crippen LogP contribution in [0.15, 0.2) is 57.4 Å². The van der Waals surface area contributed by atoms with E-state index >= 15 is 0 Å². The van der Waals surface area contributed by atoms with Gasteiger partial charge in [-0.2, -0.15) is 0 Å². The Labute approximate surface area is 124 Å². The lowest BCUT2D eigenvalue weighted by atomic mass is 10.0. The zero-order valence-electron chi connectivity index (χ0n) is 10.6. The second-order valence-electron chi connectivity index (χ2n) is 4.75. The van der Waals surface area contributed by atoms with Gasteiger partial charge in [-0.3, -0.25) is 0 Å². The van der Waals surface area contributed by atoms with E-state index in [1.807, 2.05) is 30.3 Å². The van der Waals surface area contributed by atoms with Gasteiger partial charge in [-0.15, -0.1) is 0 Å². The standard InChI is InChI=1S/C16H13BrFNO/c17-13-6-2-4-11-9-15(20-16(11)13)14(19)8-10-3-1-5-12(18)7-10/h1-7,9,14H,8,19H2. The fourth-order valence-electron chi connectivity index (χ4n) is 2.25. The first-order chi connectivity index (χ1) is 9.63. The van der Waals surface area contributed by atoms with Crippen molar-refractivity contribution in [1.82, 2.24) is 0 Å². The number of fused-ring (bicyclic) bond motifs is 1.